The Morgan fingerprint density at radius 3 is 2.74 bits per heavy atom. The van der Waals surface area contributed by atoms with Crippen molar-refractivity contribution in [3.05, 3.63) is 59.2 Å². The van der Waals surface area contributed by atoms with Gasteiger partial charge in [0.05, 0.1) is 0 Å². The molecule has 1 unspecified atom stereocenters. The van der Waals surface area contributed by atoms with Crippen LogP contribution in [0.4, 0.5) is 0 Å². The quantitative estimate of drug-likeness (QED) is 0.876. The summed E-state index contributed by atoms with van der Waals surface area (Å²) in [5.74, 6) is 0.135. The Labute approximate surface area is 167 Å². The highest BCUT2D eigenvalue weighted by Crippen LogP contribution is 2.25. The van der Waals surface area contributed by atoms with E-state index in [-0.39, 0.29) is 24.4 Å². The molecule has 1 atom stereocenters. The molecule has 1 fully saturated rings. The van der Waals surface area contributed by atoms with Gasteiger partial charge in [-0.05, 0) is 74.9 Å². The molecule has 1 aliphatic carbocycles. The van der Waals surface area contributed by atoms with Crippen molar-refractivity contribution in [3.63, 3.8) is 0 Å². The minimum atomic E-state index is 0. The lowest BCUT2D eigenvalue weighted by Crippen LogP contribution is -2.40. The average molecular weight is 387 g/mol. The first-order valence-electron chi connectivity index (χ1n) is 9.68. The van der Waals surface area contributed by atoms with Gasteiger partial charge in [0.15, 0.2) is 0 Å². The molecule has 1 aliphatic heterocycles. The van der Waals surface area contributed by atoms with Gasteiger partial charge in [-0.1, -0.05) is 6.07 Å². The minimum absolute atomic E-state index is 0. The first kappa shape index (κ1) is 19.8. The molecular weight excluding hydrogens is 360 g/mol. The number of aromatic nitrogens is 2. The highest BCUT2D eigenvalue weighted by Gasteiger charge is 2.26. The van der Waals surface area contributed by atoms with E-state index in [0.717, 1.165) is 56.3 Å². The summed E-state index contributed by atoms with van der Waals surface area (Å²) in [6, 6.07) is 6.53. The van der Waals surface area contributed by atoms with Crippen molar-refractivity contribution in [1.82, 2.24) is 20.2 Å². The Bertz CT molecular complexity index is 760. The van der Waals surface area contributed by atoms with Crippen LogP contribution in [0, 0.1) is 0 Å². The Balaban J connectivity index is 0.00000210. The van der Waals surface area contributed by atoms with Crippen molar-refractivity contribution in [2.24, 2.45) is 0 Å². The van der Waals surface area contributed by atoms with E-state index in [9.17, 15) is 4.79 Å². The summed E-state index contributed by atoms with van der Waals surface area (Å²) in [7, 11) is 0. The van der Waals surface area contributed by atoms with Gasteiger partial charge >= 0.3 is 0 Å². The number of hydrogen-bond donors (Lipinski definition) is 1. The van der Waals surface area contributed by atoms with Gasteiger partial charge in [-0.15, -0.1) is 12.4 Å². The second-order valence-electron chi connectivity index (χ2n) is 7.35. The van der Waals surface area contributed by atoms with E-state index < -0.39 is 0 Å². The summed E-state index contributed by atoms with van der Waals surface area (Å²) < 4.78 is 0. The SMILES string of the molecule is Cl.O=C(c1ccc2c(c1)CCC2)N(Cc1cncnc1)C1CCCNCC1. The van der Waals surface area contributed by atoms with E-state index in [1.165, 1.54) is 23.9 Å². The maximum Gasteiger partial charge on any atom is 0.254 e. The third-order valence-corrected chi connectivity index (χ3v) is 5.56. The molecule has 1 aromatic carbocycles. The summed E-state index contributed by atoms with van der Waals surface area (Å²) in [5.41, 5.74) is 4.56. The Morgan fingerprint density at radius 1 is 1.07 bits per heavy atom. The number of nitrogens with one attached hydrogen (secondary N) is 1. The van der Waals surface area contributed by atoms with E-state index in [0.29, 0.717) is 6.54 Å². The number of amides is 1. The maximum absolute atomic E-state index is 13.4. The molecule has 2 aliphatic rings. The summed E-state index contributed by atoms with van der Waals surface area (Å²) in [6.45, 7) is 2.57. The van der Waals surface area contributed by atoms with Crippen molar-refractivity contribution in [2.75, 3.05) is 13.1 Å². The van der Waals surface area contributed by atoms with Gasteiger partial charge in [0.25, 0.3) is 5.91 Å². The Morgan fingerprint density at radius 2 is 1.89 bits per heavy atom. The van der Waals surface area contributed by atoms with Crippen LogP contribution in [0.2, 0.25) is 0 Å². The predicted octanol–water partition coefficient (Wildman–Crippen LogP) is 3.17. The van der Waals surface area contributed by atoms with Crippen LogP contribution in [-0.2, 0) is 19.4 Å². The standard InChI is InChI=1S/C21H26N4O.ClH/c26-21(19-7-6-17-3-1-4-18(17)11-19)25(14-16-12-23-15-24-13-16)20-5-2-9-22-10-8-20;/h6-7,11-13,15,20,22H,1-5,8-10,14H2;1H. The molecule has 0 saturated carbocycles. The van der Waals surface area contributed by atoms with Crippen LogP contribution in [0.15, 0.2) is 36.9 Å². The van der Waals surface area contributed by atoms with Crippen LogP contribution in [-0.4, -0.2) is 39.9 Å². The highest BCUT2D eigenvalue weighted by atomic mass is 35.5. The van der Waals surface area contributed by atoms with E-state index in [1.807, 2.05) is 23.4 Å². The van der Waals surface area contributed by atoms with Crippen LogP contribution in [0.5, 0.6) is 0 Å². The van der Waals surface area contributed by atoms with Gasteiger partial charge < -0.3 is 10.2 Å². The number of benzene rings is 1. The normalized spacial score (nSPS) is 18.9. The molecule has 4 rings (SSSR count). The largest absolute Gasteiger partial charge is 0.331 e. The fourth-order valence-corrected chi connectivity index (χ4v) is 4.16. The van der Waals surface area contributed by atoms with Gasteiger partial charge in [0.2, 0.25) is 0 Å². The zero-order valence-corrected chi connectivity index (χ0v) is 16.4. The molecule has 0 bridgehead atoms. The number of hydrogen-bond acceptors (Lipinski definition) is 4. The molecule has 2 aromatic rings. The average Bonchev–Trinajstić information content (AvgIpc) is 2.99. The lowest BCUT2D eigenvalue weighted by Gasteiger charge is -2.31. The maximum atomic E-state index is 13.4. The number of aryl methyl sites for hydroxylation is 2. The molecule has 2 heterocycles. The molecule has 1 amide bonds. The van der Waals surface area contributed by atoms with Gasteiger partial charge in [-0.25, -0.2) is 9.97 Å². The van der Waals surface area contributed by atoms with Crippen LogP contribution in [0.3, 0.4) is 0 Å². The summed E-state index contributed by atoms with van der Waals surface area (Å²) >= 11 is 0. The van der Waals surface area contributed by atoms with E-state index in [4.69, 9.17) is 0 Å². The van der Waals surface area contributed by atoms with Crippen molar-refractivity contribution in [2.45, 2.75) is 51.1 Å². The zero-order valence-electron chi connectivity index (χ0n) is 15.6. The molecule has 5 nitrogen and oxygen atoms in total. The third-order valence-electron chi connectivity index (χ3n) is 5.56. The van der Waals surface area contributed by atoms with Crippen LogP contribution in [0.25, 0.3) is 0 Å². The van der Waals surface area contributed by atoms with Crippen molar-refractivity contribution >= 4 is 18.3 Å². The van der Waals surface area contributed by atoms with Crippen LogP contribution >= 0.6 is 12.4 Å². The van der Waals surface area contributed by atoms with E-state index in [1.54, 1.807) is 0 Å². The first-order valence-corrected chi connectivity index (χ1v) is 9.68. The lowest BCUT2D eigenvalue weighted by atomic mass is 10.0. The summed E-state index contributed by atoms with van der Waals surface area (Å²) in [4.78, 5) is 23.7. The van der Waals surface area contributed by atoms with Crippen molar-refractivity contribution < 1.29 is 4.79 Å². The van der Waals surface area contributed by atoms with E-state index in [2.05, 4.69) is 27.4 Å². The Kier molecular flexibility index (Phi) is 6.80. The number of halogens is 1. The number of nitrogens with zero attached hydrogens (tertiary/aromatic N) is 3. The second-order valence-corrected chi connectivity index (χ2v) is 7.35. The van der Waals surface area contributed by atoms with Crippen molar-refractivity contribution in [3.8, 4) is 0 Å². The Hall–Kier alpha value is -1.98. The second kappa shape index (κ2) is 9.29. The molecule has 0 radical (unpaired) electrons. The number of carbonyl (C=O) groups is 1. The van der Waals surface area contributed by atoms with Gasteiger partial charge in [-0.3, -0.25) is 4.79 Å². The first-order chi connectivity index (χ1) is 12.8. The molecule has 0 spiro atoms. The lowest BCUT2D eigenvalue weighted by molar-refractivity contribution is 0.0645. The molecule has 1 aromatic heterocycles. The van der Waals surface area contributed by atoms with Crippen molar-refractivity contribution in [1.29, 1.82) is 0 Å². The zero-order chi connectivity index (χ0) is 17.8. The highest BCUT2D eigenvalue weighted by molar-refractivity contribution is 5.94. The monoisotopic (exact) mass is 386 g/mol. The van der Waals surface area contributed by atoms with E-state index >= 15 is 0 Å². The molecule has 1 saturated heterocycles. The smallest absolute Gasteiger partial charge is 0.254 e. The predicted molar refractivity (Wildman–Crippen MR) is 108 cm³/mol. The number of carbonyl (C=O) groups excluding carboxylic acids is 1. The molecule has 144 valence electrons. The van der Waals surface area contributed by atoms with Gasteiger partial charge in [0, 0.05) is 36.1 Å². The molecular formula is C21H27ClN4O. The number of rotatable bonds is 4. The number of fused-ring (bicyclic) bond motifs is 1. The molecule has 6 heteroatoms. The molecule has 27 heavy (non-hydrogen) atoms. The van der Waals surface area contributed by atoms with Crippen LogP contribution in [0.1, 0.15) is 52.7 Å². The van der Waals surface area contributed by atoms with Gasteiger partial charge in [0.1, 0.15) is 6.33 Å². The topological polar surface area (TPSA) is 58.1 Å². The fraction of sp³-hybridized carbons (Fsp3) is 0.476. The fourth-order valence-electron chi connectivity index (χ4n) is 4.16. The summed E-state index contributed by atoms with van der Waals surface area (Å²) in [5, 5.41) is 3.45. The summed E-state index contributed by atoms with van der Waals surface area (Å²) in [6.07, 6.45) is 11.7. The van der Waals surface area contributed by atoms with Gasteiger partial charge in [-0.2, -0.15) is 0 Å². The molecule has 1 N–H and O–H groups in total. The minimum Gasteiger partial charge on any atom is -0.331 e. The van der Waals surface area contributed by atoms with Crippen LogP contribution < -0.4 is 5.32 Å². The third kappa shape index (κ3) is 4.66.